The van der Waals surface area contributed by atoms with Gasteiger partial charge in [0.05, 0.1) is 0 Å². The third kappa shape index (κ3) is 2.31. The Morgan fingerprint density at radius 3 is 2.94 bits per heavy atom. The van der Waals surface area contributed by atoms with Crippen molar-refractivity contribution in [3.63, 3.8) is 0 Å². The maximum Gasteiger partial charge on any atom is 0.188 e. The second-order valence-electron chi connectivity index (χ2n) is 4.54. The topological polar surface area (TPSA) is 33.6 Å². The van der Waals surface area contributed by atoms with Crippen LogP contribution in [0.15, 0.2) is 29.3 Å². The molecular weight excluding hydrogens is 219 g/mol. The van der Waals surface area contributed by atoms with Gasteiger partial charge in [-0.2, -0.15) is 0 Å². The van der Waals surface area contributed by atoms with Crippen LogP contribution >= 0.6 is 0 Å². The molecule has 0 radical (unpaired) electrons. The number of fused-ring (bicyclic) bond motifs is 1. The normalized spacial score (nSPS) is 27.2. The second kappa shape index (κ2) is 4.45. The number of hydrogen-bond acceptors (Lipinski definition) is 3. The SMILES string of the molecule is Fc1ccc(CC2=NC3CNCCC3O2)cc1. The molecule has 2 heterocycles. The van der Waals surface area contributed by atoms with Crippen LogP contribution in [0.5, 0.6) is 0 Å². The van der Waals surface area contributed by atoms with Gasteiger partial charge >= 0.3 is 0 Å². The van der Waals surface area contributed by atoms with E-state index in [0.717, 1.165) is 31.0 Å². The Kier molecular flexibility index (Phi) is 2.81. The molecule has 1 aromatic rings. The number of benzene rings is 1. The van der Waals surface area contributed by atoms with Crippen LogP contribution in [0.3, 0.4) is 0 Å². The van der Waals surface area contributed by atoms with E-state index in [1.807, 2.05) is 0 Å². The summed E-state index contributed by atoms with van der Waals surface area (Å²) in [5.74, 6) is 0.580. The Labute approximate surface area is 99.7 Å². The Bertz CT molecular complexity index is 430. The monoisotopic (exact) mass is 234 g/mol. The summed E-state index contributed by atoms with van der Waals surface area (Å²) in [6.07, 6.45) is 1.92. The Balaban J connectivity index is 1.68. The minimum absolute atomic E-state index is 0.208. The summed E-state index contributed by atoms with van der Waals surface area (Å²) in [6, 6.07) is 6.76. The number of nitrogens with zero attached hydrogens (tertiary/aromatic N) is 1. The number of nitrogens with one attached hydrogen (secondary N) is 1. The molecule has 2 atom stereocenters. The van der Waals surface area contributed by atoms with E-state index < -0.39 is 0 Å². The highest BCUT2D eigenvalue weighted by Crippen LogP contribution is 2.20. The molecule has 0 bridgehead atoms. The highest BCUT2D eigenvalue weighted by molar-refractivity contribution is 5.80. The molecule has 4 heteroatoms. The first-order valence-corrected chi connectivity index (χ1v) is 6.00. The standard InChI is InChI=1S/C13H15FN2O/c14-10-3-1-9(2-4-10)7-13-16-11-8-15-6-5-12(11)17-13/h1-4,11-12,15H,5-8H2. The number of halogens is 1. The molecule has 1 aromatic carbocycles. The lowest BCUT2D eigenvalue weighted by atomic mass is 10.1. The summed E-state index contributed by atoms with van der Waals surface area (Å²) in [4.78, 5) is 4.57. The molecule has 1 fully saturated rings. The fourth-order valence-corrected chi connectivity index (χ4v) is 2.34. The minimum Gasteiger partial charge on any atom is -0.475 e. The maximum atomic E-state index is 12.8. The number of piperidine rings is 1. The summed E-state index contributed by atoms with van der Waals surface area (Å²) < 4.78 is 18.6. The van der Waals surface area contributed by atoms with Crippen molar-refractivity contribution in [3.05, 3.63) is 35.6 Å². The molecular formula is C13H15FN2O. The van der Waals surface area contributed by atoms with Crippen LogP contribution in [-0.4, -0.2) is 31.1 Å². The number of ether oxygens (including phenoxy) is 1. The average molecular weight is 234 g/mol. The van der Waals surface area contributed by atoms with E-state index in [1.165, 1.54) is 12.1 Å². The van der Waals surface area contributed by atoms with Gasteiger partial charge in [0.25, 0.3) is 0 Å². The van der Waals surface area contributed by atoms with Crippen molar-refractivity contribution >= 4 is 5.90 Å². The van der Waals surface area contributed by atoms with Gasteiger partial charge in [-0.05, 0) is 30.7 Å². The highest BCUT2D eigenvalue weighted by Gasteiger charge is 2.32. The zero-order chi connectivity index (χ0) is 11.7. The van der Waals surface area contributed by atoms with Crippen LogP contribution in [-0.2, 0) is 11.2 Å². The molecule has 0 saturated carbocycles. The molecule has 1 saturated heterocycles. The lowest BCUT2D eigenvalue weighted by molar-refractivity contribution is 0.158. The van der Waals surface area contributed by atoms with Gasteiger partial charge < -0.3 is 10.1 Å². The molecule has 2 unspecified atom stereocenters. The largest absolute Gasteiger partial charge is 0.475 e. The molecule has 3 nitrogen and oxygen atoms in total. The van der Waals surface area contributed by atoms with Crippen LogP contribution in [0.2, 0.25) is 0 Å². The molecule has 0 aliphatic carbocycles. The minimum atomic E-state index is -0.208. The molecule has 0 spiro atoms. The molecule has 17 heavy (non-hydrogen) atoms. The van der Waals surface area contributed by atoms with E-state index in [2.05, 4.69) is 10.3 Å². The summed E-state index contributed by atoms with van der Waals surface area (Å²) in [5.41, 5.74) is 1.04. The van der Waals surface area contributed by atoms with Crippen LogP contribution in [0.4, 0.5) is 4.39 Å². The predicted octanol–water partition coefficient (Wildman–Crippen LogP) is 1.53. The molecule has 0 amide bonds. The van der Waals surface area contributed by atoms with Crippen LogP contribution in [0, 0.1) is 5.82 Å². The van der Waals surface area contributed by atoms with Crippen molar-refractivity contribution in [2.24, 2.45) is 4.99 Å². The quantitative estimate of drug-likeness (QED) is 0.842. The van der Waals surface area contributed by atoms with Gasteiger partial charge in [-0.15, -0.1) is 0 Å². The highest BCUT2D eigenvalue weighted by atomic mass is 19.1. The molecule has 2 aliphatic rings. The second-order valence-corrected chi connectivity index (χ2v) is 4.54. The van der Waals surface area contributed by atoms with Crippen molar-refractivity contribution < 1.29 is 9.13 Å². The summed E-state index contributed by atoms with van der Waals surface area (Å²) in [7, 11) is 0. The van der Waals surface area contributed by atoms with Gasteiger partial charge in [0, 0.05) is 13.0 Å². The maximum absolute atomic E-state index is 12.8. The number of hydrogen-bond donors (Lipinski definition) is 1. The number of rotatable bonds is 2. The molecule has 0 aromatic heterocycles. The predicted molar refractivity (Wildman–Crippen MR) is 63.7 cm³/mol. The zero-order valence-corrected chi connectivity index (χ0v) is 9.53. The van der Waals surface area contributed by atoms with Gasteiger partial charge in [-0.1, -0.05) is 12.1 Å². The Morgan fingerprint density at radius 2 is 2.18 bits per heavy atom. The van der Waals surface area contributed by atoms with Crippen molar-refractivity contribution in [2.45, 2.75) is 25.0 Å². The summed E-state index contributed by atoms with van der Waals surface area (Å²) in [6.45, 7) is 1.90. The van der Waals surface area contributed by atoms with Crippen molar-refractivity contribution in [1.82, 2.24) is 5.32 Å². The molecule has 2 aliphatic heterocycles. The van der Waals surface area contributed by atoms with Crippen molar-refractivity contribution in [3.8, 4) is 0 Å². The number of aliphatic imine (C=N–C) groups is 1. The van der Waals surface area contributed by atoms with Crippen molar-refractivity contribution in [1.29, 1.82) is 0 Å². The van der Waals surface area contributed by atoms with Gasteiger partial charge in [-0.3, -0.25) is 0 Å². The first kappa shape index (κ1) is 10.7. The van der Waals surface area contributed by atoms with E-state index in [4.69, 9.17) is 4.74 Å². The van der Waals surface area contributed by atoms with E-state index in [-0.39, 0.29) is 18.0 Å². The van der Waals surface area contributed by atoms with E-state index in [1.54, 1.807) is 12.1 Å². The Hall–Kier alpha value is -1.42. The third-order valence-electron chi connectivity index (χ3n) is 3.25. The summed E-state index contributed by atoms with van der Waals surface area (Å²) in [5, 5.41) is 3.31. The molecule has 3 rings (SSSR count). The fourth-order valence-electron chi connectivity index (χ4n) is 2.34. The molecule has 1 N–H and O–H groups in total. The summed E-state index contributed by atoms with van der Waals surface area (Å²) >= 11 is 0. The van der Waals surface area contributed by atoms with Crippen LogP contribution < -0.4 is 5.32 Å². The smallest absolute Gasteiger partial charge is 0.188 e. The molecule has 90 valence electrons. The van der Waals surface area contributed by atoms with E-state index in [0.29, 0.717) is 6.42 Å². The van der Waals surface area contributed by atoms with Crippen LogP contribution in [0.1, 0.15) is 12.0 Å². The Morgan fingerprint density at radius 1 is 1.35 bits per heavy atom. The first-order valence-electron chi connectivity index (χ1n) is 6.00. The van der Waals surface area contributed by atoms with Gasteiger partial charge in [0.1, 0.15) is 18.0 Å². The van der Waals surface area contributed by atoms with E-state index >= 15 is 0 Å². The third-order valence-corrected chi connectivity index (χ3v) is 3.25. The van der Waals surface area contributed by atoms with Gasteiger partial charge in [-0.25, -0.2) is 9.38 Å². The van der Waals surface area contributed by atoms with E-state index in [9.17, 15) is 4.39 Å². The van der Waals surface area contributed by atoms with Crippen LogP contribution in [0.25, 0.3) is 0 Å². The lowest BCUT2D eigenvalue weighted by Gasteiger charge is -2.23. The lowest BCUT2D eigenvalue weighted by Crippen LogP contribution is -2.41. The fraction of sp³-hybridized carbons (Fsp3) is 0.462. The van der Waals surface area contributed by atoms with Gasteiger partial charge in [0.2, 0.25) is 0 Å². The van der Waals surface area contributed by atoms with Crippen molar-refractivity contribution in [2.75, 3.05) is 13.1 Å². The zero-order valence-electron chi connectivity index (χ0n) is 9.53. The first-order chi connectivity index (χ1) is 8.31. The van der Waals surface area contributed by atoms with Gasteiger partial charge in [0.15, 0.2) is 5.90 Å². The average Bonchev–Trinajstić information content (AvgIpc) is 2.74.